The number of rotatable bonds is 14. The van der Waals surface area contributed by atoms with Gasteiger partial charge in [0, 0.05) is 13.1 Å². The van der Waals surface area contributed by atoms with Gasteiger partial charge in [0.15, 0.2) is 0 Å². The Morgan fingerprint density at radius 2 is 1.00 bits per heavy atom. The normalized spacial score (nSPS) is 12.0. The van der Waals surface area contributed by atoms with Crippen LogP contribution in [0.25, 0.3) is 0 Å². The summed E-state index contributed by atoms with van der Waals surface area (Å²) < 4.78 is 0. The second-order valence-corrected chi connectivity index (χ2v) is 7.38. The van der Waals surface area contributed by atoms with Crippen molar-refractivity contribution in [1.29, 1.82) is 0 Å². The van der Waals surface area contributed by atoms with Crippen molar-refractivity contribution < 1.29 is 0 Å². The highest BCUT2D eigenvalue weighted by molar-refractivity contribution is 4.62. The van der Waals surface area contributed by atoms with Crippen LogP contribution < -0.4 is 0 Å². The molecule has 0 saturated heterocycles. The third-order valence-electron chi connectivity index (χ3n) is 3.82. The molecule has 0 saturated carbocycles. The van der Waals surface area contributed by atoms with E-state index >= 15 is 0 Å². The van der Waals surface area contributed by atoms with Crippen LogP contribution in [0, 0.1) is 11.8 Å². The van der Waals surface area contributed by atoms with Gasteiger partial charge in [-0.3, -0.25) is 0 Å². The second-order valence-electron chi connectivity index (χ2n) is 7.38. The Morgan fingerprint density at radius 1 is 0.600 bits per heavy atom. The van der Waals surface area contributed by atoms with Crippen molar-refractivity contribution in [3.8, 4) is 0 Å². The summed E-state index contributed by atoms with van der Waals surface area (Å²) >= 11 is 0. The molecule has 0 amide bonds. The molecule has 0 rings (SSSR count). The fraction of sp³-hybridized carbons (Fsp3) is 1.00. The molecule has 122 valence electrons. The Morgan fingerprint density at radius 3 is 1.40 bits per heavy atom. The molecule has 0 heterocycles. The predicted octanol–water partition coefficient (Wildman–Crippen LogP) is 6.13. The molecule has 0 atom stereocenters. The van der Waals surface area contributed by atoms with Crippen LogP contribution in [0.4, 0.5) is 0 Å². The van der Waals surface area contributed by atoms with Gasteiger partial charge >= 0.3 is 0 Å². The third kappa shape index (κ3) is 14.4. The molecule has 0 aromatic carbocycles. The SMILES string of the molecule is CCCCCCCCCCCN(CC(C)C)CC(C)C. The van der Waals surface area contributed by atoms with Crippen molar-refractivity contribution in [3.05, 3.63) is 0 Å². The van der Waals surface area contributed by atoms with Crippen LogP contribution in [0.3, 0.4) is 0 Å². The second kappa shape index (κ2) is 13.9. The maximum absolute atomic E-state index is 2.68. The van der Waals surface area contributed by atoms with Crippen molar-refractivity contribution >= 4 is 0 Å². The Kier molecular flexibility index (Phi) is 13.9. The number of nitrogens with zero attached hydrogens (tertiary/aromatic N) is 1. The van der Waals surface area contributed by atoms with Gasteiger partial charge in [0.25, 0.3) is 0 Å². The molecule has 0 aromatic rings. The van der Waals surface area contributed by atoms with Crippen molar-refractivity contribution in [2.75, 3.05) is 19.6 Å². The lowest BCUT2D eigenvalue weighted by Crippen LogP contribution is -2.32. The van der Waals surface area contributed by atoms with Gasteiger partial charge in [-0.2, -0.15) is 0 Å². The summed E-state index contributed by atoms with van der Waals surface area (Å²) in [6.07, 6.45) is 12.9. The molecule has 0 fully saturated rings. The van der Waals surface area contributed by atoms with E-state index in [-0.39, 0.29) is 0 Å². The Labute approximate surface area is 129 Å². The molecule has 20 heavy (non-hydrogen) atoms. The molecular weight excluding hydrogens is 242 g/mol. The molecule has 1 heteroatoms. The minimum Gasteiger partial charge on any atom is -0.303 e. The van der Waals surface area contributed by atoms with Crippen molar-refractivity contribution in [2.24, 2.45) is 11.8 Å². The van der Waals surface area contributed by atoms with Crippen LogP contribution in [0.2, 0.25) is 0 Å². The Hall–Kier alpha value is -0.0400. The molecule has 0 aromatic heterocycles. The van der Waals surface area contributed by atoms with Gasteiger partial charge < -0.3 is 4.90 Å². The quantitative estimate of drug-likeness (QED) is 0.346. The fourth-order valence-corrected chi connectivity index (χ4v) is 2.94. The van der Waals surface area contributed by atoms with Crippen LogP contribution in [0.15, 0.2) is 0 Å². The standard InChI is InChI=1S/C19H41N/c1-6-7-8-9-10-11-12-13-14-15-20(16-18(2)3)17-19(4)5/h18-19H,6-17H2,1-5H3. The molecular formula is C19H41N. The van der Waals surface area contributed by atoms with Gasteiger partial charge in [-0.25, -0.2) is 0 Å². The number of unbranched alkanes of at least 4 members (excludes halogenated alkanes) is 8. The van der Waals surface area contributed by atoms with E-state index in [1.807, 2.05) is 0 Å². The van der Waals surface area contributed by atoms with Crippen LogP contribution in [-0.2, 0) is 0 Å². The summed E-state index contributed by atoms with van der Waals surface area (Å²) in [6, 6.07) is 0. The zero-order valence-corrected chi connectivity index (χ0v) is 15.1. The summed E-state index contributed by atoms with van der Waals surface area (Å²) in [5.74, 6) is 1.60. The lowest BCUT2D eigenvalue weighted by Gasteiger charge is -2.26. The van der Waals surface area contributed by atoms with Gasteiger partial charge in [0.1, 0.15) is 0 Å². The first-order valence-corrected chi connectivity index (χ1v) is 9.28. The largest absolute Gasteiger partial charge is 0.303 e. The highest BCUT2D eigenvalue weighted by Gasteiger charge is 2.08. The first-order valence-electron chi connectivity index (χ1n) is 9.28. The summed E-state index contributed by atoms with van der Waals surface area (Å²) in [7, 11) is 0. The first-order chi connectivity index (χ1) is 9.56. The van der Waals surface area contributed by atoms with E-state index in [0.717, 1.165) is 11.8 Å². The van der Waals surface area contributed by atoms with Gasteiger partial charge in [0.05, 0.1) is 0 Å². The summed E-state index contributed by atoms with van der Waals surface area (Å²) in [6.45, 7) is 15.5. The molecule has 0 N–H and O–H groups in total. The zero-order valence-electron chi connectivity index (χ0n) is 15.1. The molecule has 1 nitrogen and oxygen atoms in total. The zero-order chi connectivity index (χ0) is 15.2. The maximum Gasteiger partial charge on any atom is 0.000449 e. The summed E-state index contributed by atoms with van der Waals surface area (Å²) in [4.78, 5) is 2.68. The lowest BCUT2D eigenvalue weighted by atomic mass is 10.1. The minimum absolute atomic E-state index is 0.798. The van der Waals surface area contributed by atoms with E-state index in [9.17, 15) is 0 Å². The van der Waals surface area contributed by atoms with Crippen LogP contribution >= 0.6 is 0 Å². The predicted molar refractivity (Wildman–Crippen MR) is 93.3 cm³/mol. The molecule has 0 spiro atoms. The van der Waals surface area contributed by atoms with E-state index in [1.165, 1.54) is 77.4 Å². The van der Waals surface area contributed by atoms with Gasteiger partial charge in [0.2, 0.25) is 0 Å². The van der Waals surface area contributed by atoms with E-state index in [0.29, 0.717) is 0 Å². The smallest absolute Gasteiger partial charge is 0.000449 e. The fourth-order valence-electron chi connectivity index (χ4n) is 2.94. The third-order valence-corrected chi connectivity index (χ3v) is 3.82. The monoisotopic (exact) mass is 283 g/mol. The lowest BCUT2D eigenvalue weighted by molar-refractivity contribution is 0.215. The van der Waals surface area contributed by atoms with E-state index < -0.39 is 0 Å². The average molecular weight is 284 g/mol. The molecule has 0 unspecified atom stereocenters. The Bertz CT molecular complexity index is 176. The summed E-state index contributed by atoms with van der Waals surface area (Å²) in [5.41, 5.74) is 0. The molecule has 0 aliphatic carbocycles. The van der Waals surface area contributed by atoms with Crippen molar-refractivity contribution in [3.63, 3.8) is 0 Å². The number of hydrogen-bond acceptors (Lipinski definition) is 1. The molecule has 0 aliphatic heterocycles. The van der Waals surface area contributed by atoms with E-state index in [1.54, 1.807) is 0 Å². The van der Waals surface area contributed by atoms with Crippen LogP contribution in [0.5, 0.6) is 0 Å². The van der Waals surface area contributed by atoms with Gasteiger partial charge in [-0.1, -0.05) is 86.0 Å². The van der Waals surface area contributed by atoms with E-state index in [4.69, 9.17) is 0 Å². The topological polar surface area (TPSA) is 3.24 Å². The summed E-state index contributed by atoms with van der Waals surface area (Å²) in [5, 5.41) is 0. The van der Waals surface area contributed by atoms with Crippen molar-refractivity contribution in [1.82, 2.24) is 4.90 Å². The average Bonchev–Trinajstić information content (AvgIpc) is 2.35. The first kappa shape index (κ1) is 20.0. The molecule has 0 bridgehead atoms. The van der Waals surface area contributed by atoms with Crippen LogP contribution in [0.1, 0.15) is 92.4 Å². The highest BCUT2D eigenvalue weighted by atomic mass is 15.1. The molecule has 0 radical (unpaired) electrons. The van der Waals surface area contributed by atoms with Crippen LogP contribution in [-0.4, -0.2) is 24.5 Å². The minimum atomic E-state index is 0.798. The number of hydrogen-bond donors (Lipinski definition) is 0. The van der Waals surface area contributed by atoms with E-state index in [2.05, 4.69) is 39.5 Å². The van der Waals surface area contributed by atoms with Crippen molar-refractivity contribution in [2.45, 2.75) is 92.4 Å². The maximum atomic E-state index is 2.68. The van der Waals surface area contributed by atoms with Gasteiger partial charge in [-0.05, 0) is 24.8 Å². The molecule has 0 aliphatic rings. The highest BCUT2D eigenvalue weighted by Crippen LogP contribution is 2.11. The Balaban J connectivity index is 3.48. The van der Waals surface area contributed by atoms with Gasteiger partial charge in [-0.15, -0.1) is 0 Å².